The van der Waals surface area contributed by atoms with E-state index < -0.39 is 0 Å². The minimum Gasteiger partial charge on any atom is -0.469 e. The summed E-state index contributed by atoms with van der Waals surface area (Å²) >= 11 is 12.3. The number of thiophene rings is 3. The van der Waals surface area contributed by atoms with E-state index >= 15 is 0 Å². The molecule has 0 aliphatic carbocycles. The quantitative estimate of drug-likeness (QED) is 0.348. The molecule has 0 spiro atoms. The molecule has 0 N–H and O–H groups in total. The molecule has 3 heterocycles. The molecule has 3 aromatic rings. The van der Waals surface area contributed by atoms with Crippen LogP contribution in [0.4, 0.5) is 0 Å². The van der Waals surface area contributed by atoms with Crippen LogP contribution in [0.1, 0.15) is 18.1 Å². The number of esters is 1. The number of ether oxygens (including phenoxy) is 1. The lowest BCUT2D eigenvalue weighted by Crippen LogP contribution is -2.04. The summed E-state index contributed by atoms with van der Waals surface area (Å²) in [6, 6.07) is 8.53. The van der Waals surface area contributed by atoms with Gasteiger partial charge in [-0.05, 0) is 73.7 Å². The fraction of sp³-hybridized carbons (Fsp3) is 0.235. The highest BCUT2D eigenvalue weighted by Crippen LogP contribution is 2.45. The van der Waals surface area contributed by atoms with E-state index in [0.717, 1.165) is 24.4 Å². The average molecular weight is 506 g/mol. The van der Waals surface area contributed by atoms with Gasteiger partial charge in [-0.3, -0.25) is 4.79 Å². The molecule has 0 fully saturated rings. The number of rotatable bonds is 5. The highest BCUT2D eigenvalue weighted by molar-refractivity contribution is 9.11. The molecule has 0 aliphatic rings. The third kappa shape index (κ3) is 3.85. The van der Waals surface area contributed by atoms with Crippen molar-refractivity contribution in [2.24, 2.45) is 0 Å². The summed E-state index contributed by atoms with van der Waals surface area (Å²) < 4.78 is 7.00. The van der Waals surface area contributed by atoms with Crippen LogP contribution >= 0.6 is 65.9 Å². The van der Waals surface area contributed by atoms with Gasteiger partial charge in [-0.15, -0.1) is 34.0 Å². The van der Waals surface area contributed by atoms with Gasteiger partial charge in [0.25, 0.3) is 0 Å². The second-order valence-electron chi connectivity index (χ2n) is 5.08. The molecule has 126 valence electrons. The van der Waals surface area contributed by atoms with Gasteiger partial charge in [-0.2, -0.15) is 0 Å². The Morgan fingerprint density at radius 2 is 1.54 bits per heavy atom. The summed E-state index contributed by atoms with van der Waals surface area (Å²) in [6.45, 7) is 2.18. The van der Waals surface area contributed by atoms with Crippen LogP contribution in [0, 0.1) is 0 Å². The van der Waals surface area contributed by atoms with E-state index in [4.69, 9.17) is 4.74 Å². The number of carbonyl (C=O) groups is 1. The van der Waals surface area contributed by atoms with Gasteiger partial charge in [-0.1, -0.05) is 6.92 Å². The fourth-order valence-electron chi connectivity index (χ4n) is 2.41. The maximum absolute atomic E-state index is 11.7. The molecule has 0 bridgehead atoms. The Balaban J connectivity index is 1.98. The summed E-state index contributed by atoms with van der Waals surface area (Å²) in [5.74, 6) is -0.214. The van der Waals surface area contributed by atoms with Crippen LogP contribution in [-0.2, 0) is 22.4 Å². The van der Waals surface area contributed by atoms with Crippen molar-refractivity contribution in [2.45, 2.75) is 19.8 Å². The van der Waals surface area contributed by atoms with Gasteiger partial charge in [0.2, 0.25) is 0 Å². The van der Waals surface area contributed by atoms with E-state index in [0.29, 0.717) is 6.42 Å². The van der Waals surface area contributed by atoms with Crippen LogP contribution in [0.3, 0.4) is 0 Å². The van der Waals surface area contributed by atoms with Crippen LogP contribution in [0.25, 0.3) is 19.5 Å². The van der Waals surface area contributed by atoms with Crippen LogP contribution < -0.4 is 0 Å². The predicted molar refractivity (Wildman–Crippen MR) is 111 cm³/mol. The van der Waals surface area contributed by atoms with E-state index in [9.17, 15) is 4.79 Å². The molecule has 0 aliphatic heterocycles. The largest absolute Gasteiger partial charge is 0.469 e. The summed E-state index contributed by atoms with van der Waals surface area (Å²) in [5.41, 5.74) is 2.37. The minimum absolute atomic E-state index is 0.214. The predicted octanol–water partition coefficient (Wildman–Crippen LogP) is 7.01. The molecular weight excluding hydrogens is 492 g/mol. The third-order valence-corrected chi connectivity index (χ3v) is 8.36. The van der Waals surface area contributed by atoms with Gasteiger partial charge < -0.3 is 4.74 Å². The zero-order chi connectivity index (χ0) is 17.3. The van der Waals surface area contributed by atoms with Crippen molar-refractivity contribution in [3.8, 4) is 19.5 Å². The van der Waals surface area contributed by atoms with E-state index in [1.807, 2.05) is 6.07 Å². The van der Waals surface area contributed by atoms with Crippen molar-refractivity contribution in [3.63, 3.8) is 0 Å². The molecule has 2 nitrogen and oxygen atoms in total. The number of hydrogen-bond acceptors (Lipinski definition) is 5. The van der Waals surface area contributed by atoms with Crippen molar-refractivity contribution in [1.29, 1.82) is 0 Å². The monoisotopic (exact) mass is 504 g/mol. The second kappa shape index (κ2) is 7.83. The zero-order valence-corrected chi connectivity index (χ0v) is 18.6. The Hall–Kier alpha value is -0.470. The van der Waals surface area contributed by atoms with Crippen molar-refractivity contribution in [1.82, 2.24) is 0 Å². The SMILES string of the molecule is CCc1cc(Br)sc1-c1ccc(-c2sc(Br)cc2CC(=O)OC)s1. The van der Waals surface area contributed by atoms with Crippen LogP contribution in [-0.4, -0.2) is 13.1 Å². The first-order valence-corrected chi connectivity index (χ1v) is 11.3. The number of hydrogen-bond donors (Lipinski definition) is 0. The average Bonchev–Trinajstić information content (AvgIpc) is 3.25. The summed E-state index contributed by atoms with van der Waals surface area (Å²) in [4.78, 5) is 16.6. The molecule has 0 saturated carbocycles. The number of halogens is 2. The normalized spacial score (nSPS) is 11.0. The standard InChI is InChI=1S/C17H14Br2O2S3/c1-3-9-6-13(18)23-16(9)11-4-5-12(22-11)17-10(7-14(19)24-17)8-15(20)21-2/h4-7H,3,8H2,1-2H3. The van der Waals surface area contributed by atoms with Gasteiger partial charge in [0.05, 0.1) is 21.1 Å². The molecular formula is C17H14Br2O2S3. The second-order valence-corrected chi connectivity index (χ2v) is 11.0. The van der Waals surface area contributed by atoms with Gasteiger partial charge in [0.1, 0.15) is 0 Å². The molecule has 24 heavy (non-hydrogen) atoms. The molecule has 0 atom stereocenters. The number of methoxy groups -OCH3 is 1. The zero-order valence-electron chi connectivity index (χ0n) is 13.0. The maximum atomic E-state index is 11.7. The topological polar surface area (TPSA) is 26.3 Å². The van der Waals surface area contributed by atoms with Crippen molar-refractivity contribution in [2.75, 3.05) is 7.11 Å². The molecule has 0 amide bonds. The summed E-state index contributed by atoms with van der Waals surface area (Å²) in [7, 11) is 1.42. The number of carbonyl (C=O) groups excluding carboxylic acids is 1. The Morgan fingerprint density at radius 3 is 2.08 bits per heavy atom. The Kier molecular flexibility index (Phi) is 5.98. The molecule has 0 unspecified atom stereocenters. The fourth-order valence-corrected chi connectivity index (χ4v) is 7.12. The lowest BCUT2D eigenvalue weighted by Gasteiger charge is -2.01. The highest BCUT2D eigenvalue weighted by Gasteiger charge is 2.17. The van der Waals surface area contributed by atoms with Crippen LogP contribution in [0.5, 0.6) is 0 Å². The van der Waals surface area contributed by atoms with Crippen LogP contribution in [0.2, 0.25) is 0 Å². The van der Waals surface area contributed by atoms with Gasteiger partial charge in [0, 0.05) is 19.5 Å². The number of aryl methyl sites for hydroxylation is 1. The lowest BCUT2D eigenvalue weighted by molar-refractivity contribution is -0.139. The lowest BCUT2D eigenvalue weighted by atomic mass is 10.1. The highest BCUT2D eigenvalue weighted by atomic mass is 79.9. The van der Waals surface area contributed by atoms with Gasteiger partial charge in [0.15, 0.2) is 0 Å². The molecule has 3 rings (SSSR count). The van der Waals surface area contributed by atoms with E-state index in [1.54, 1.807) is 34.0 Å². The van der Waals surface area contributed by atoms with Crippen molar-refractivity contribution in [3.05, 3.63) is 43.0 Å². The van der Waals surface area contributed by atoms with Crippen molar-refractivity contribution >= 4 is 71.8 Å². The molecule has 0 saturated heterocycles. The summed E-state index contributed by atoms with van der Waals surface area (Å²) in [6.07, 6.45) is 1.31. The Bertz CT molecular complexity index is 876. The summed E-state index contributed by atoms with van der Waals surface area (Å²) in [5, 5.41) is 0. The van der Waals surface area contributed by atoms with Gasteiger partial charge >= 0.3 is 5.97 Å². The molecule has 7 heteroatoms. The Labute approximate surface area is 169 Å². The molecule has 0 radical (unpaired) electrons. The first-order chi connectivity index (χ1) is 11.5. The van der Waals surface area contributed by atoms with Crippen LogP contribution in [0.15, 0.2) is 31.8 Å². The van der Waals surface area contributed by atoms with E-state index in [1.165, 1.54) is 27.3 Å². The van der Waals surface area contributed by atoms with E-state index in [2.05, 4.69) is 57.0 Å². The minimum atomic E-state index is -0.214. The smallest absolute Gasteiger partial charge is 0.310 e. The first kappa shape index (κ1) is 18.3. The Morgan fingerprint density at radius 1 is 1.00 bits per heavy atom. The molecule has 3 aromatic heterocycles. The van der Waals surface area contributed by atoms with Crippen molar-refractivity contribution < 1.29 is 9.53 Å². The molecule has 0 aromatic carbocycles. The van der Waals surface area contributed by atoms with Gasteiger partial charge in [-0.25, -0.2) is 0 Å². The third-order valence-electron chi connectivity index (χ3n) is 3.55. The maximum Gasteiger partial charge on any atom is 0.310 e. The first-order valence-electron chi connectivity index (χ1n) is 7.25. The van der Waals surface area contributed by atoms with E-state index in [-0.39, 0.29) is 5.97 Å².